The molecule has 22 heavy (non-hydrogen) atoms. The van der Waals surface area contributed by atoms with E-state index in [2.05, 4.69) is 37.5 Å². The van der Waals surface area contributed by atoms with Crippen LogP contribution in [0.4, 0.5) is 0 Å². The lowest BCUT2D eigenvalue weighted by Gasteiger charge is -2.43. The Balaban J connectivity index is 1.46. The molecule has 1 heterocycles. The minimum absolute atomic E-state index is 0.00658. The van der Waals surface area contributed by atoms with Crippen molar-refractivity contribution in [2.24, 2.45) is 28.1 Å². The Kier molecular flexibility index (Phi) is 3.06. The Morgan fingerprint density at radius 3 is 2.18 bits per heavy atom. The van der Waals surface area contributed by atoms with Gasteiger partial charge in [0.25, 0.3) is 0 Å². The van der Waals surface area contributed by atoms with Crippen molar-refractivity contribution in [1.29, 1.82) is 0 Å². The van der Waals surface area contributed by atoms with Crippen molar-refractivity contribution in [3.8, 4) is 0 Å². The van der Waals surface area contributed by atoms with Crippen LogP contribution in [0.5, 0.6) is 0 Å². The summed E-state index contributed by atoms with van der Waals surface area (Å²) in [7, 11) is 0. The fraction of sp³-hybridized carbons (Fsp3) is 0.947. The van der Waals surface area contributed by atoms with E-state index in [1.54, 1.807) is 0 Å². The van der Waals surface area contributed by atoms with Crippen molar-refractivity contribution in [3.63, 3.8) is 0 Å². The van der Waals surface area contributed by atoms with E-state index in [9.17, 15) is 4.79 Å². The molecule has 4 unspecified atom stereocenters. The van der Waals surface area contributed by atoms with E-state index in [1.807, 2.05) is 0 Å². The van der Waals surface area contributed by atoms with Crippen molar-refractivity contribution in [2.45, 2.75) is 53.4 Å². The molecule has 4 aliphatic carbocycles. The van der Waals surface area contributed by atoms with Gasteiger partial charge in [-0.15, -0.1) is 0 Å². The van der Waals surface area contributed by atoms with Crippen LogP contribution in [0, 0.1) is 28.1 Å². The van der Waals surface area contributed by atoms with Crippen LogP contribution in [-0.4, -0.2) is 48.4 Å². The lowest BCUT2D eigenvalue weighted by atomic mass is 9.68. The molecule has 1 saturated heterocycles. The van der Waals surface area contributed by atoms with Crippen LogP contribution in [-0.2, 0) is 4.79 Å². The zero-order valence-corrected chi connectivity index (χ0v) is 14.8. The van der Waals surface area contributed by atoms with Crippen molar-refractivity contribution >= 4 is 5.91 Å². The third kappa shape index (κ3) is 1.81. The third-order valence-corrected chi connectivity index (χ3v) is 7.62. The molecule has 4 atom stereocenters. The average Bonchev–Trinajstić information content (AvgIpc) is 3.02. The first-order chi connectivity index (χ1) is 10.3. The molecule has 1 aliphatic heterocycles. The first-order valence-electron chi connectivity index (χ1n) is 9.30. The van der Waals surface area contributed by atoms with Crippen LogP contribution in [0.1, 0.15) is 53.4 Å². The van der Waals surface area contributed by atoms with Gasteiger partial charge >= 0.3 is 0 Å². The maximum atomic E-state index is 13.4. The molecule has 5 fully saturated rings. The highest BCUT2D eigenvalue weighted by Crippen LogP contribution is 2.81. The number of rotatable bonds is 3. The summed E-state index contributed by atoms with van der Waals surface area (Å²) in [5.74, 6) is 2.06. The number of hydrogen-bond donors (Lipinski definition) is 0. The molecule has 4 bridgehead atoms. The van der Waals surface area contributed by atoms with Gasteiger partial charge in [0.05, 0.1) is 5.41 Å². The molecule has 124 valence electrons. The third-order valence-electron chi connectivity index (χ3n) is 7.62. The smallest absolute Gasteiger partial charge is 0.229 e. The molecule has 0 N–H and O–H groups in total. The van der Waals surface area contributed by atoms with Crippen molar-refractivity contribution < 1.29 is 4.79 Å². The van der Waals surface area contributed by atoms with Gasteiger partial charge in [0.1, 0.15) is 0 Å². The van der Waals surface area contributed by atoms with Gasteiger partial charge in [-0.3, -0.25) is 9.69 Å². The van der Waals surface area contributed by atoms with Crippen LogP contribution >= 0.6 is 0 Å². The molecule has 0 aromatic carbocycles. The minimum Gasteiger partial charge on any atom is -0.340 e. The van der Waals surface area contributed by atoms with Gasteiger partial charge < -0.3 is 4.90 Å². The van der Waals surface area contributed by atoms with Crippen molar-refractivity contribution in [2.75, 3.05) is 32.7 Å². The predicted octanol–water partition coefficient (Wildman–Crippen LogP) is 3.00. The summed E-state index contributed by atoms with van der Waals surface area (Å²) in [6.45, 7) is 14.6. The predicted molar refractivity (Wildman–Crippen MR) is 88.5 cm³/mol. The van der Waals surface area contributed by atoms with Gasteiger partial charge in [-0.05, 0) is 48.3 Å². The summed E-state index contributed by atoms with van der Waals surface area (Å²) in [5, 5.41) is 0. The van der Waals surface area contributed by atoms with Gasteiger partial charge in [-0.2, -0.15) is 0 Å². The first kappa shape index (κ1) is 15.0. The zero-order chi connectivity index (χ0) is 15.8. The van der Waals surface area contributed by atoms with E-state index >= 15 is 0 Å². The molecule has 1 amide bonds. The molecule has 5 aliphatic rings. The number of piperazine rings is 1. The number of nitrogens with zero attached hydrogens (tertiary/aromatic N) is 2. The zero-order valence-electron chi connectivity index (χ0n) is 14.8. The lowest BCUT2D eigenvalue weighted by Crippen LogP contribution is -2.55. The maximum absolute atomic E-state index is 13.4. The molecule has 3 nitrogen and oxygen atoms in total. The summed E-state index contributed by atoms with van der Waals surface area (Å²) in [4.78, 5) is 18.1. The van der Waals surface area contributed by atoms with Gasteiger partial charge in [0.2, 0.25) is 5.91 Å². The van der Waals surface area contributed by atoms with Gasteiger partial charge in [-0.25, -0.2) is 0 Å². The normalized spacial score (nSPS) is 47.1. The summed E-state index contributed by atoms with van der Waals surface area (Å²) in [6, 6.07) is 0. The second-order valence-electron chi connectivity index (χ2n) is 9.74. The van der Waals surface area contributed by atoms with E-state index in [1.165, 1.54) is 32.2 Å². The molecular weight excluding hydrogens is 272 g/mol. The van der Waals surface area contributed by atoms with E-state index in [0.29, 0.717) is 16.7 Å². The topological polar surface area (TPSA) is 23.6 Å². The van der Waals surface area contributed by atoms with Crippen molar-refractivity contribution in [3.05, 3.63) is 0 Å². The molecule has 0 aromatic heterocycles. The van der Waals surface area contributed by atoms with Crippen LogP contribution in [0.2, 0.25) is 0 Å². The van der Waals surface area contributed by atoms with E-state index in [-0.39, 0.29) is 5.41 Å². The molecule has 0 spiro atoms. The largest absolute Gasteiger partial charge is 0.340 e. The highest BCUT2D eigenvalue weighted by Gasteiger charge is 2.77. The Hall–Kier alpha value is -0.570. The SMILES string of the molecule is CC(C)CN1CCN(C(=O)C23CC4CC2(C)CC4(C)C3)CC1. The molecular formula is C19H32N2O. The number of carbonyl (C=O) groups excluding carboxylic acids is 1. The Morgan fingerprint density at radius 1 is 1.09 bits per heavy atom. The Bertz CT molecular complexity index is 496. The van der Waals surface area contributed by atoms with Crippen LogP contribution < -0.4 is 0 Å². The van der Waals surface area contributed by atoms with Gasteiger partial charge in [-0.1, -0.05) is 27.7 Å². The van der Waals surface area contributed by atoms with Crippen LogP contribution in [0.25, 0.3) is 0 Å². The molecule has 4 saturated carbocycles. The van der Waals surface area contributed by atoms with Crippen LogP contribution in [0.3, 0.4) is 0 Å². The van der Waals surface area contributed by atoms with E-state index < -0.39 is 0 Å². The highest BCUT2D eigenvalue weighted by molar-refractivity contribution is 5.86. The molecule has 5 rings (SSSR count). The fourth-order valence-corrected chi connectivity index (χ4v) is 6.80. The molecule has 0 aromatic rings. The quantitative estimate of drug-likeness (QED) is 0.800. The first-order valence-corrected chi connectivity index (χ1v) is 9.30. The summed E-state index contributed by atoms with van der Waals surface area (Å²) in [5.41, 5.74) is 0.787. The maximum Gasteiger partial charge on any atom is 0.229 e. The highest BCUT2D eigenvalue weighted by atomic mass is 16.2. The number of carbonyl (C=O) groups is 1. The fourth-order valence-electron chi connectivity index (χ4n) is 6.80. The lowest BCUT2D eigenvalue weighted by molar-refractivity contribution is -0.148. The second-order valence-corrected chi connectivity index (χ2v) is 9.74. The minimum atomic E-state index is 0.00658. The average molecular weight is 304 g/mol. The van der Waals surface area contributed by atoms with E-state index in [4.69, 9.17) is 0 Å². The van der Waals surface area contributed by atoms with Gasteiger partial charge in [0, 0.05) is 32.7 Å². The summed E-state index contributed by atoms with van der Waals surface area (Å²) >= 11 is 0. The number of hydrogen-bond acceptors (Lipinski definition) is 2. The van der Waals surface area contributed by atoms with Crippen molar-refractivity contribution in [1.82, 2.24) is 9.80 Å². The standard InChI is InChI=1S/C19H32N2O/c1-14(2)11-20-5-7-21(8-6-20)16(22)19-10-15-9-18(19,4)12-17(15,3)13-19/h14-15H,5-13H2,1-4H3. The monoisotopic (exact) mass is 304 g/mol. The van der Waals surface area contributed by atoms with Crippen LogP contribution in [0.15, 0.2) is 0 Å². The number of amides is 1. The summed E-state index contributed by atoms with van der Waals surface area (Å²) < 4.78 is 0. The molecule has 3 heteroatoms. The van der Waals surface area contributed by atoms with Gasteiger partial charge in [0.15, 0.2) is 0 Å². The summed E-state index contributed by atoms with van der Waals surface area (Å²) in [6.07, 6.45) is 4.96. The Labute approximate surface area is 135 Å². The molecule has 0 radical (unpaired) electrons. The van der Waals surface area contributed by atoms with E-state index in [0.717, 1.165) is 38.0 Å². The second kappa shape index (κ2) is 4.49. The Morgan fingerprint density at radius 2 is 1.77 bits per heavy atom.